The lowest BCUT2D eigenvalue weighted by atomic mass is 9.89. The van der Waals surface area contributed by atoms with Gasteiger partial charge in [0.1, 0.15) is 0 Å². The number of fused-ring (bicyclic) bond motifs is 2. The molecule has 0 saturated heterocycles. The summed E-state index contributed by atoms with van der Waals surface area (Å²) in [4.78, 5) is 33.5. The van der Waals surface area contributed by atoms with Crippen LogP contribution >= 0.6 is 0 Å². The predicted octanol–water partition coefficient (Wildman–Crippen LogP) is 11.4. The van der Waals surface area contributed by atoms with Crippen LogP contribution in [0, 0.1) is 0 Å². The molecule has 0 amide bonds. The van der Waals surface area contributed by atoms with Crippen LogP contribution < -0.4 is 0 Å². The fourth-order valence-corrected chi connectivity index (χ4v) is 7.30. The molecule has 262 valence electrons. The molecule has 0 fully saturated rings. The molecule has 4 heterocycles. The van der Waals surface area contributed by atoms with Gasteiger partial charge in [0.05, 0.1) is 11.4 Å². The van der Waals surface area contributed by atoms with E-state index in [9.17, 15) is 0 Å². The first kappa shape index (κ1) is 32.8. The van der Waals surface area contributed by atoms with Gasteiger partial charge in [-0.2, -0.15) is 0 Å². The maximum Gasteiger partial charge on any atom is 0.164 e. The molecule has 6 aromatic carbocycles. The molecule has 0 spiro atoms. The first-order chi connectivity index (χ1) is 27.8. The zero-order valence-electron chi connectivity index (χ0n) is 30.0. The molecule has 56 heavy (non-hydrogen) atoms. The number of hydrogen-bond donors (Lipinski definition) is 0. The van der Waals surface area contributed by atoms with E-state index < -0.39 is 0 Å². The summed E-state index contributed by atoms with van der Waals surface area (Å²) in [7, 11) is 0. The summed E-state index contributed by atoms with van der Waals surface area (Å²) in [6.07, 6.45) is 7.00. The maximum absolute atomic E-state index is 5.17. The van der Waals surface area contributed by atoms with Crippen LogP contribution in [0.15, 0.2) is 189 Å². The second-order valence-corrected chi connectivity index (χ2v) is 13.4. The lowest BCUT2D eigenvalue weighted by Crippen LogP contribution is -2.01. The minimum Gasteiger partial charge on any atom is -0.265 e. The van der Waals surface area contributed by atoms with Crippen LogP contribution in [0.5, 0.6) is 0 Å². The highest BCUT2D eigenvalue weighted by molar-refractivity contribution is 6.11. The summed E-state index contributed by atoms with van der Waals surface area (Å²) in [6.45, 7) is 0. The highest BCUT2D eigenvalue weighted by Crippen LogP contribution is 2.41. The van der Waals surface area contributed by atoms with E-state index in [1.165, 1.54) is 0 Å². The molecular weight excluding hydrogens is 687 g/mol. The van der Waals surface area contributed by atoms with Crippen LogP contribution in [0.1, 0.15) is 0 Å². The normalized spacial score (nSPS) is 11.2. The van der Waals surface area contributed by atoms with E-state index in [1.54, 1.807) is 24.8 Å². The van der Waals surface area contributed by atoms with Gasteiger partial charge in [-0.05, 0) is 69.1 Å². The Kier molecular flexibility index (Phi) is 8.35. The van der Waals surface area contributed by atoms with Crippen molar-refractivity contribution in [3.05, 3.63) is 189 Å². The largest absolute Gasteiger partial charge is 0.265 e. The molecule has 4 aromatic heterocycles. The molecule has 7 nitrogen and oxygen atoms in total. The van der Waals surface area contributed by atoms with E-state index in [0.29, 0.717) is 23.3 Å². The Morgan fingerprint density at radius 2 is 0.625 bits per heavy atom. The second-order valence-electron chi connectivity index (χ2n) is 13.4. The average Bonchev–Trinajstić information content (AvgIpc) is 3.29. The van der Waals surface area contributed by atoms with Crippen molar-refractivity contribution in [2.45, 2.75) is 0 Å². The average molecular weight is 718 g/mol. The zero-order valence-corrected chi connectivity index (χ0v) is 30.0. The van der Waals surface area contributed by atoms with Gasteiger partial charge in [0.15, 0.2) is 23.3 Å². The highest BCUT2D eigenvalue weighted by atomic mass is 15.0. The Hall–Kier alpha value is -7.77. The lowest BCUT2D eigenvalue weighted by Gasteiger charge is -2.16. The Labute approximate surface area is 323 Å². The second kappa shape index (κ2) is 14.2. The van der Waals surface area contributed by atoms with Gasteiger partial charge in [-0.3, -0.25) is 9.97 Å². The molecule has 0 saturated carbocycles. The van der Waals surface area contributed by atoms with Crippen molar-refractivity contribution in [2.24, 2.45) is 0 Å². The van der Waals surface area contributed by atoms with Crippen molar-refractivity contribution in [2.75, 3.05) is 0 Å². The van der Waals surface area contributed by atoms with Gasteiger partial charge in [0.2, 0.25) is 0 Å². The number of hydrogen-bond acceptors (Lipinski definition) is 7. The van der Waals surface area contributed by atoms with E-state index >= 15 is 0 Å². The van der Waals surface area contributed by atoms with Crippen LogP contribution in [0.4, 0.5) is 0 Å². The smallest absolute Gasteiger partial charge is 0.164 e. The van der Waals surface area contributed by atoms with Gasteiger partial charge in [0.25, 0.3) is 0 Å². The Bertz CT molecular complexity index is 2690. The fraction of sp³-hybridized carbons (Fsp3) is 0. The number of nitrogens with zero attached hydrogens (tertiary/aromatic N) is 7. The summed E-state index contributed by atoms with van der Waals surface area (Å²) in [5, 5.41) is 4.38. The van der Waals surface area contributed by atoms with Gasteiger partial charge in [-0.1, -0.05) is 127 Å². The molecule has 0 aliphatic heterocycles. The summed E-state index contributed by atoms with van der Waals surface area (Å²) in [5.41, 5.74) is 9.68. The SMILES string of the molecule is c1ccc(-c2cc(-c3ccc(-c4ccc(-c5nc(-c6ccncc6)nc(-c6ccncc6)n5)c5ccccc45)c4ccccc34)nc(-c3ccccc3)n2)cc1. The van der Waals surface area contributed by atoms with E-state index in [2.05, 4.69) is 113 Å². The van der Waals surface area contributed by atoms with Crippen LogP contribution in [0.3, 0.4) is 0 Å². The monoisotopic (exact) mass is 717 g/mol. The number of pyridine rings is 2. The van der Waals surface area contributed by atoms with Crippen molar-refractivity contribution in [1.82, 2.24) is 34.9 Å². The van der Waals surface area contributed by atoms with Crippen LogP contribution in [0.25, 0.3) is 101 Å². The van der Waals surface area contributed by atoms with E-state index in [-0.39, 0.29) is 0 Å². The lowest BCUT2D eigenvalue weighted by molar-refractivity contribution is 1.07. The number of benzene rings is 6. The zero-order chi connectivity index (χ0) is 37.3. The standard InChI is InChI=1S/C49H31N7/c1-3-11-32(12-4-1)44-31-45(53-46(52-44)33-13-5-2-6-14-33)42-21-19-40(36-15-7-9-17-38(36)42)41-20-22-43(39-18-10-8-16-37(39)41)49-55-47(34-23-27-50-28-24-34)54-48(56-49)35-25-29-51-30-26-35/h1-31H. The van der Waals surface area contributed by atoms with Crippen molar-refractivity contribution in [3.8, 4) is 79.2 Å². The van der Waals surface area contributed by atoms with E-state index in [1.807, 2.05) is 60.7 Å². The minimum absolute atomic E-state index is 0.578. The first-order valence-corrected chi connectivity index (χ1v) is 18.4. The third-order valence-corrected chi connectivity index (χ3v) is 10.00. The van der Waals surface area contributed by atoms with Gasteiger partial charge < -0.3 is 0 Å². The molecule has 10 aromatic rings. The Morgan fingerprint density at radius 3 is 1.18 bits per heavy atom. The summed E-state index contributed by atoms with van der Waals surface area (Å²) in [5.74, 6) is 2.44. The molecule has 0 N–H and O–H groups in total. The molecule has 0 bridgehead atoms. The molecule has 0 aliphatic rings. The van der Waals surface area contributed by atoms with Crippen molar-refractivity contribution in [3.63, 3.8) is 0 Å². The van der Waals surface area contributed by atoms with Crippen LogP contribution in [0.2, 0.25) is 0 Å². The molecule has 0 atom stereocenters. The summed E-state index contributed by atoms with van der Waals surface area (Å²) in [6, 6.07) is 56.0. The molecule has 7 heteroatoms. The van der Waals surface area contributed by atoms with Gasteiger partial charge in [0, 0.05) is 58.2 Å². The minimum atomic E-state index is 0.578. The van der Waals surface area contributed by atoms with Crippen molar-refractivity contribution < 1.29 is 0 Å². The third kappa shape index (κ3) is 6.13. The quantitative estimate of drug-likeness (QED) is 0.162. The molecule has 0 radical (unpaired) electrons. The molecule has 0 aliphatic carbocycles. The Balaban J connectivity index is 1.14. The molecule has 10 rings (SSSR count). The number of rotatable bonds is 7. The summed E-state index contributed by atoms with van der Waals surface area (Å²) >= 11 is 0. The fourth-order valence-electron chi connectivity index (χ4n) is 7.30. The van der Waals surface area contributed by atoms with Crippen molar-refractivity contribution in [1.29, 1.82) is 0 Å². The Morgan fingerprint density at radius 1 is 0.250 bits per heavy atom. The van der Waals surface area contributed by atoms with Crippen LogP contribution in [-0.4, -0.2) is 34.9 Å². The van der Waals surface area contributed by atoms with Crippen molar-refractivity contribution >= 4 is 21.5 Å². The third-order valence-electron chi connectivity index (χ3n) is 10.00. The van der Waals surface area contributed by atoms with E-state index in [0.717, 1.165) is 77.4 Å². The molecule has 0 unspecified atom stereocenters. The predicted molar refractivity (Wildman–Crippen MR) is 224 cm³/mol. The van der Waals surface area contributed by atoms with Gasteiger partial charge >= 0.3 is 0 Å². The van der Waals surface area contributed by atoms with E-state index in [4.69, 9.17) is 24.9 Å². The van der Waals surface area contributed by atoms with Crippen LogP contribution in [-0.2, 0) is 0 Å². The maximum atomic E-state index is 5.17. The van der Waals surface area contributed by atoms with Gasteiger partial charge in [-0.25, -0.2) is 24.9 Å². The molecular formula is C49H31N7. The summed E-state index contributed by atoms with van der Waals surface area (Å²) < 4.78 is 0. The topological polar surface area (TPSA) is 90.2 Å². The highest BCUT2D eigenvalue weighted by Gasteiger charge is 2.19. The number of aromatic nitrogens is 7. The van der Waals surface area contributed by atoms with Gasteiger partial charge in [-0.15, -0.1) is 0 Å². The first-order valence-electron chi connectivity index (χ1n) is 18.4.